The molecule has 0 aliphatic carbocycles. The van der Waals surface area contributed by atoms with E-state index >= 15 is 0 Å². The van der Waals surface area contributed by atoms with Gasteiger partial charge in [-0.05, 0) is 50.0 Å². The summed E-state index contributed by atoms with van der Waals surface area (Å²) < 4.78 is 5.39. The lowest BCUT2D eigenvalue weighted by atomic mass is 10.0. The van der Waals surface area contributed by atoms with Crippen LogP contribution in [0.15, 0.2) is 12.1 Å². The molecular weight excluding hydrogens is 224 g/mol. The highest BCUT2D eigenvalue weighted by Gasteiger charge is 2.09. The Hall–Kier alpha value is -1.06. The standard InChI is InChI=1S/C15H26N2O/c1-11(8-16)9-17(4)10-14-6-12(2)15(18-5)13(3)7-14/h6-7,11H,8-10,16H2,1-5H3. The van der Waals surface area contributed by atoms with Gasteiger partial charge in [-0.2, -0.15) is 0 Å². The molecule has 1 atom stereocenters. The van der Waals surface area contributed by atoms with Crippen LogP contribution in [0.5, 0.6) is 5.75 Å². The van der Waals surface area contributed by atoms with E-state index in [-0.39, 0.29) is 0 Å². The van der Waals surface area contributed by atoms with E-state index in [0.29, 0.717) is 5.92 Å². The number of methoxy groups -OCH3 is 1. The van der Waals surface area contributed by atoms with E-state index in [9.17, 15) is 0 Å². The van der Waals surface area contributed by atoms with Crippen LogP contribution in [0.3, 0.4) is 0 Å². The van der Waals surface area contributed by atoms with Crippen LogP contribution in [0.25, 0.3) is 0 Å². The van der Waals surface area contributed by atoms with Gasteiger partial charge < -0.3 is 15.4 Å². The van der Waals surface area contributed by atoms with Gasteiger partial charge in [-0.25, -0.2) is 0 Å². The lowest BCUT2D eigenvalue weighted by molar-refractivity contribution is 0.281. The Bertz CT molecular complexity index is 367. The lowest BCUT2D eigenvalue weighted by Crippen LogP contribution is -2.28. The van der Waals surface area contributed by atoms with E-state index in [1.165, 1.54) is 16.7 Å². The van der Waals surface area contributed by atoms with Gasteiger partial charge in [0.2, 0.25) is 0 Å². The first-order chi connectivity index (χ1) is 8.47. The van der Waals surface area contributed by atoms with Gasteiger partial charge in [-0.1, -0.05) is 19.1 Å². The second kappa shape index (κ2) is 6.76. The molecule has 3 nitrogen and oxygen atoms in total. The van der Waals surface area contributed by atoms with E-state index < -0.39 is 0 Å². The average molecular weight is 250 g/mol. The third-order valence-electron chi connectivity index (χ3n) is 3.20. The molecule has 1 unspecified atom stereocenters. The number of nitrogens with zero attached hydrogens (tertiary/aromatic N) is 1. The van der Waals surface area contributed by atoms with E-state index in [2.05, 4.69) is 44.9 Å². The van der Waals surface area contributed by atoms with Crippen LogP contribution in [0.2, 0.25) is 0 Å². The van der Waals surface area contributed by atoms with Gasteiger partial charge in [0.15, 0.2) is 0 Å². The Labute approximate surface area is 111 Å². The van der Waals surface area contributed by atoms with Crippen LogP contribution in [0.4, 0.5) is 0 Å². The minimum Gasteiger partial charge on any atom is -0.496 e. The summed E-state index contributed by atoms with van der Waals surface area (Å²) in [5.41, 5.74) is 9.39. The zero-order chi connectivity index (χ0) is 13.7. The highest BCUT2D eigenvalue weighted by molar-refractivity contribution is 5.43. The van der Waals surface area contributed by atoms with E-state index in [1.54, 1.807) is 7.11 Å². The Balaban J connectivity index is 2.73. The molecule has 0 fully saturated rings. The summed E-state index contributed by atoms with van der Waals surface area (Å²) >= 11 is 0. The van der Waals surface area contributed by atoms with Crippen LogP contribution in [0.1, 0.15) is 23.6 Å². The normalized spacial score (nSPS) is 12.8. The summed E-state index contributed by atoms with van der Waals surface area (Å²) in [6.45, 7) is 9.10. The molecule has 102 valence electrons. The molecule has 1 rings (SSSR count). The molecule has 18 heavy (non-hydrogen) atoms. The van der Waals surface area contributed by atoms with Crippen molar-refractivity contribution < 1.29 is 4.74 Å². The summed E-state index contributed by atoms with van der Waals surface area (Å²) in [6, 6.07) is 4.41. The molecule has 0 aliphatic heterocycles. The first-order valence-corrected chi connectivity index (χ1v) is 6.50. The average Bonchev–Trinajstić information content (AvgIpc) is 2.28. The van der Waals surface area contributed by atoms with E-state index in [4.69, 9.17) is 10.5 Å². The maximum absolute atomic E-state index is 5.66. The highest BCUT2D eigenvalue weighted by atomic mass is 16.5. The SMILES string of the molecule is COc1c(C)cc(CN(C)CC(C)CN)cc1C. The largest absolute Gasteiger partial charge is 0.496 e. The summed E-state index contributed by atoms with van der Waals surface area (Å²) in [5.74, 6) is 1.53. The van der Waals surface area contributed by atoms with Crippen molar-refractivity contribution in [2.45, 2.75) is 27.3 Å². The smallest absolute Gasteiger partial charge is 0.124 e. The number of benzene rings is 1. The van der Waals surface area contributed by atoms with Crippen LogP contribution in [-0.4, -0.2) is 32.1 Å². The molecule has 1 aromatic carbocycles. The Morgan fingerprint density at radius 1 is 1.28 bits per heavy atom. The quantitative estimate of drug-likeness (QED) is 0.842. The summed E-state index contributed by atoms with van der Waals surface area (Å²) in [6.07, 6.45) is 0. The van der Waals surface area contributed by atoms with Crippen LogP contribution in [0, 0.1) is 19.8 Å². The second-order valence-electron chi connectivity index (χ2n) is 5.30. The number of nitrogens with two attached hydrogens (primary N) is 1. The van der Waals surface area contributed by atoms with Crippen molar-refractivity contribution in [2.75, 3.05) is 27.2 Å². The molecule has 0 radical (unpaired) electrons. The molecule has 0 spiro atoms. The van der Waals surface area contributed by atoms with Crippen LogP contribution >= 0.6 is 0 Å². The first-order valence-electron chi connectivity index (χ1n) is 6.50. The molecule has 0 saturated carbocycles. The molecule has 1 aromatic rings. The molecule has 0 bridgehead atoms. The Kier molecular flexibility index (Phi) is 5.63. The van der Waals surface area contributed by atoms with E-state index in [0.717, 1.165) is 25.4 Å². The predicted molar refractivity (Wildman–Crippen MR) is 77.0 cm³/mol. The number of hydrogen-bond donors (Lipinski definition) is 1. The number of hydrogen-bond acceptors (Lipinski definition) is 3. The topological polar surface area (TPSA) is 38.5 Å². The predicted octanol–water partition coefficient (Wildman–Crippen LogP) is 2.34. The van der Waals surface area contributed by atoms with Gasteiger partial charge in [-0.3, -0.25) is 0 Å². The van der Waals surface area contributed by atoms with Crippen molar-refractivity contribution >= 4 is 0 Å². The van der Waals surface area contributed by atoms with Gasteiger partial charge >= 0.3 is 0 Å². The molecular formula is C15H26N2O. The van der Waals surface area contributed by atoms with Gasteiger partial charge in [-0.15, -0.1) is 0 Å². The summed E-state index contributed by atoms with van der Waals surface area (Å²) in [5, 5.41) is 0. The zero-order valence-electron chi connectivity index (χ0n) is 12.3. The third-order valence-corrected chi connectivity index (χ3v) is 3.20. The molecule has 0 aromatic heterocycles. The van der Waals surface area contributed by atoms with Crippen molar-refractivity contribution in [3.05, 3.63) is 28.8 Å². The van der Waals surface area contributed by atoms with Crippen LogP contribution in [-0.2, 0) is 6.54 Å². The first kappa shape index (κ1) is 15.0. The van der Waals surface area contributed by atoms with Gasteiger partial charge in [0.25, 0.3) is 0 Å². The van der Waals surface area contributed by atoms with Gasteiger partial charge in [0, 0.05) is 13.1 Å². The summed E-state index contributed by atoms with van der Waals surface area (Å²) in [7, 11) is 3.87. The van der Waals surface area contributed by atoms with E-state index in [1.807, 2.05) is 0 Å². The zero-order valence-corrected chi connectivity index (χ0v) is 12.3. The molecule has 0 amide bonds. The fraction of sp³-hybridized carbons (Fsp3) is 0.600. The van der Waals surface area contributed by atoms with Crippen LogP contribution < -0.4 is 10.5 Å². The lowest BCUT2D eigenvalue weighted by Gasteiger charge is -2.21. The van der Waals surface area contributed by atoms with Gasteiger partial charge in [0.05, 0.1) is 7.11 Å². The Morgan fingerprint density at radius 3 is 2.28 bits per heavy atom. The maximum Gasteiger partial charge on any atom is 0.124 e. The minimum atomic E-state index is 0.537. The molecule has 0 aliphatic rings. The highest BCUT2D eigenvalue weighted by Crippen LogP contribution is 2.24. The second-order valence-corrected chi connectivity index (χ2v) is 5.30. The maximum atomic E-state index is 5.66. The molecule has 2 N–H and O–H groups in total. The summed E-state index contributed by atoms with van der Waals surface area (Å²) in [4.78, 5) is 2.32. The Morgan fingerprint density at radius 2 is 1.83 bits per heavy atom. The minimum absolute atomic E-state index is 0.537. The van der Waals surface area contributed by atoms with Crippen molar-refractivity contribution in [3.63, 3.8) is 0 Å². The van der Waals surface area contributed by atoms with Crippen molar-refractivity contribution in [2.24, 2.45) is 11.7 Å². The number of ether oxygens (including phenoxy) is 1. The fourth-order valence-corrected chi connectivity index (χ4v) is 2.44. The molecule has 3 heteroatoms. The van der Waals surface area contributed by atoms with Gasteiger partial charge in [0.1, 0.15) is 5.75 Å². The molecule has 0 heterocycles. The number of rotatable bonds is 6. The third kappa shape index (κ3) is 4.00. The fourth-order valence-electron chi connectivity index (χ4n) is 2.44. The monoisotopic (exact) mass is 250 g/mol. The van der Waals surface area contributed by atoms with Crippen molar-refractivity contribution in [3.8, 4) is 5.75 Å². The number of aryl methyl sites for hydroxylation is 2. The van der Waals surface area contributed by atoms with Crippen molar-refractivity contribution in [1.82, 2.24) is 4.90 Å². The molecule has 0 saturated heterocycles. The van der Waals surface area contributed by atoms with Crippen molar-refractivity contribution in [1.29, 1.82) is 0 Å².